The van der Waals surface area contributed by atoms with E-state index in [0.29, 0.717) is 0 Å². The summed E-state index contributed by atoms with van der Waals surface area (Å²) >= 11 is 0. The van der Waals surface area contributed by atoms with Crippen molar-refractivity contribution in [3.63, 3.8) is 0 Å². The molecule has 2 aromatic rings. The van der Waals surface area contributed by atoms with Crippen LogP contribution in [0.2, 0.25) is 0 Å². The van der Waals surface area contributed by atoms with Gasteiger partial charge in [0.1, 0.15) is 5.82 Å². The van der Waals surface area contributed by atoms with Gasteiger partial charge < -0.3 is 9.67 Å². The Bertz CT molecular complexity index is 568. The number of rotatable bonds is 4. The van der Waals surface area contributed by atoms with E-state index in [1.54, 1.807) is 12.3 Å². The van der Waals surface area contributed by atoms with Gasteiger partial charge in [-0.2, -0.15) is 0 Å². The summed E-state index contributed by atoms with van der Waals surface area (Å²) in [6.45, 7) is 2.73. The molecule has 4 heteroatoms. The number of aryl methyl sites for hydroxylation is 1. The number of aromatic nitrogens is 2. The van der Waals surface area contributed by atoms with Crippen LogP contribution >= 0.6 is 0 Å². The van der Waals surface area contributed by atoms with Crippen LogP contribution in [0.5, 0.6) is 0 Å². The van der Waals surface area contributed by atoms with E-state index >= 15 is 0 Å². The highest BCUT2D eigenvalue weighted by molar-refractivity contribution is 5.85. The van der Waals surface area contributed by atoms with Crippen LogP contribution in [0.4, 0.5) is 0 Å². The third-order valence-corrected chi connectivity index (χ3v) is 2.67. The van der Waals surface area contributed by atoms with Gasteiger partial charge in [-0.15, -0.1) is 0 Å². The highest BCUT2D eigenvalue weighted by Crippen LogP contribution is 2.09. The summed E-state index contributed by atoms with van der Waals surface area (Å²) in [7, 11) is 0. The molecule has 0 bridgehead atoms. The molecule has 18 heavy (non-hydrogen) atoms. The van der Waals surface area contributed by atoms with Gasteiger partial charge in [0.2, 0.25) is 0 Å². The number of nitrogens with zero attached hydrogens (tertiary/aromatic N) is 2. The molecule has 0 amide bonds. The van der Waals surface area contributed by atoms with Crippen LogP contribution in [0.15, 0.2) is 42.7 Å². The molecule has 0 aliphatic carbocycles. The molecule has 1 heterocycles. The average Bonchev–Trinajstić information content (AvgIpc) is 2.74. The monoisotopic (exact) mass is 242 g/mol. The summed E-state index contributed by atoms with van der Waals surface area (Å²) in [5, 5.41) is 8.53. The molecule has 0 aliphatic rings. The van der Waals surface area contributed by atoms with Crippen molar-refractivity contribution in [1.82, 2.24) is 9.55 Å². The van der Waals surface area contributed by atoms with Gasteiger partial charge in [0.25, 0.3) is 0 Å². The molecule has 0 atom stereocenters. The van der Waals surface area contributed by atoms with E-state index in [2.05, 4.69) is 9.55 Å². The van der Waals surface area contributed by atoms with Crippen molar-refractivity contribution in [2.24, 2.45) is 0 Å². The second kappa shape index (κ2) is 5.31. The zero-order valence-corrected chi connectivity index (χ0v) is 10.1. The lowest BCUT2D eigenvalue weighted by Gasteiger charge is -2.05. The molecule has 0 fully saturated rings. The van der Waals surface area contributed by atoms with E-state index in [9.17, 15) is 4.79 Å². The summed E-state index contributed by atoms with van der Waals surface area (Å²) in [6, 6.07) is 7.78. The van der Waals surface area contributed by atoms with Crippen molar-refractivity contribution >= 4 is 12.0 Å². The van der Waals surface area contributed by atoms with Crippen LogP contribution in [0.1, 0.15) is 17.0 Å². The lowest BCUT2D eigenvalue weighted by atomic mass is 10.1. The summed E-state index contributed by atoms with van der Waals surface area (Å²) in [5.74, 6) is 0.0398. The zero-order chi connectivity index (χ0) is 13.0. The quantitative estimate of drug-likeness (QED) is 0.837. The van der Waals surface area contributed by atoms with Gasteiger partial charge in [0.15, 0.2) is 0 Å². The van der Waals surface area contributed by atoms with Gasteiger partial charge in [-0.25, -0.2) is 9.78 Å². The molecular weight excluding hydrogens is 228 g/mol. The van der Waals surface area contributed by atoms with Crippen molar-refractivity contribution in [2.75, 3.05) is 0 Å². The number of hydrogen-bond donors (Lipinski definition) is 1. The van der Waals surface area contributed by atoms with E-state index in [-0.39, 0.29) is 0 Å². The molecule has 0 aliphatic heterocycles. The molecule has 0 unspecified atom stereocenters. The topological polar surface area (TPSA) is 55.1 Å². The second-order valence-corrected chi connectivity index (χ2v) is 4.02. The Hall–Kier alpha value is -2.36. The minimum atomic E-state index is -0.937. The van der Waals surface area contributed by atoms with Crippen molar-refractivity contribution in [2.45, 2.75) is 13.5 Å². The first kappa shape index (κ1) is 12.1. The Kier molecular flexibility index (Phi) is 3.57. The maximum atomic E-state index is 10.4. The van der Waals surface area contributed by atoms with Crippen molar-refractivity contribution in [1.29, 1.82) is 0 Å². The van der Waals surface area contributed by atoms with Gasteiger partial charge in [0, 0.05) is 25.0 Å². The van der Waals surface area contributed by atoms with Gasteiger partial charge in [-0.1, -0.05) is 24.3 Å². The lowest BCUT2D eigenvalue weighted by molar-refractivity contribution is -0.131. The predicted octanol–water partition coefficient (Wildman–Crippen LogP) is 2.34. The Balaban J connectivity index is 2.08. The number of carboxylic acids is 1. The first-order valence-corrected chi connectivity index (χ1v) is 5.63. The molecule has 92 valence electrons. The molecule has 0 radical (unpaired) electrons. The Morgan fingerprint density at radius 3 is 2.67 bits per heavy atom. The third kappa shape index (κ3) is 3.07. The fourth-order valence-electron chi connectivity index (χ4n) is 1.67. The summed E-state index contributed by atoms with van der Waals surface area (Å²) < 4.78 is 2.06. The zero-order valence-electron chi connectivity index (χ0n) is 10.1. The number of carbonyl (C=O) groups is 1. The van der Waals surface area contributed by atoms with Gasteiger partial charge in [-0.3, -0.25) is 0 Å². The van der Waals surface area contributed by atoms with Crippen molar-refractivity contribution < 1.29 is 9.90 Å². The van der Waals surface area contributed by atoms with Gasteiger partial charge in [-0.05, 0) is 24.1 Å². The maximum Gasteiger partial charge on any atom is 0.328 e. The molecule has 0 saturated heterocycles. The molecule has 2 rings (SSSR count). The van der Waals surface area contributed by atoms with E-state index < -0.39 is 5.97 Å². The minimum absolute atomic E-state index is 0.773. The summed E-state index contributed by atoms with van der Waals surface area (Å²) in [6.07, 6.45) is 6.43. The van der Waals surface area contributed by atoms with Crippen molar-refractivity contribution in [3.05, 3.63) is 59.7 Å². The molecule has 1 aromatic carbocycles. The van der Waals surface area contributed by atoms with Crippen LogP contribution in [-0.2, 0) is 11.3 Å². The number of hydrogen-bond acceptors (Lipinski definition) is 2. The fraction of sp³-hybridized carbons (Fsp3) is 0.143. The Morgan fingerprint density at radius 2 is 2.11 bits per heavy atom. The maximum absolute atomic E-state index is 10.4. The normalized spacial score (nSPS) is 10.9. The molecule has 4 nitrogen and oxygen atoms in total. The smallest absolute Gasteiger partial charge is 0.328 e. The average molecular weight is 242 g/mol. The number of benzene rings is 1. The Morgan fingerprint density at radius 1 is 1.39 bits per heavy atom. The Labute approximate surface area is 105 Å². The van der Waals surface area contributed by atoms with Crippen LogP contribution < -0.4 is 0 Å². The minimum Gasteiger partial charge on any atom is -0.478 e. The predicted molar refractivity (Wildman–Crippen MR) is 69.2 cm³/mol. The van der Waals surface area contributed by atoms with E-state index in [0.717, 1.165) is 29.6 Å². The summed E-state index contributed by atoms with van der Waals surface area (Å²) in [4.78, 5) is 14.6. The fourth-order valence-corrected chi connectivity index (χ4v) is 1.67. The van der Waals surface area contributed by atoms with E-state index in [4.69, 9.17) is 5.11 Å². The molecule has 0 spiro atoms. The number of imidazole rings is 1. The van der Waals surface area contributed by atoms with Gasteiger partial charge >= 0.3 is 5.97 Å². The summed E-state index contributed by atoms with van der Waals surface area (Å²) in [5.41, 5.74) is 2.03. The first-order chi connectivity index (χ1) is 8.65. The third-order valence-electron chi connectivity index (χ3n) is 2.67. The van der Waals surface area contributed by atoms with E-state index in [1.165, 1.54) is 0 Å². The van der Waals surface area contributed by atoms with Gasteiger partial charge in [0.05, 0.1) is 0 Å². The molecule has 1 aromatic heterocycles. The van der Waals surface area contributed by atoms with Crippen LogP contribution in [0.3, 0.4) is 0 Å². The molecule has 0 saturated carbocycles. The van der Waals surface area contributed by atoms with Crippen LogP contribution in [0, 0.1) is 6.92 Å². The van der Waals surface area contributed by atoms with Crippen molar-refractivity contribution in [3.8, 4) is 0 Å². The standard InChI is InChI=1S/C14H14N2O2/c1-11-15-8-9-16(11)10-13-4-2-12(3-5-13)6-7-14(17)18/h2-9H,10H2,1H3,(H,17,18). The van der Waals surface area contributed by atoms with Crippen LogP contribution in [0.25, 0.3) is 6.08 Å². The molecule has 1 N–H and O–H groups in total. The highest BCUT2D eigenvalue weighted by Gasteiger charge is 1.98. The lowest BCUT2D eigenvalue weighted by Crippen LogP contribution is -2.00. The number of aliphatic carboxylic acids is 1. The second-order valence-electron chi connectivity index (χ2n) is 4.02. The van der Waals surface area contributed by atoms with E-state index in [1.807, 2.05) is 37.4 Å². The SMILES string of the molecule is Cc1nccn1Cc1ccc(C=CC(=O)O)cc1. The highest BCUT2D eigenvalue weighted by atomic mass is 16.4. The van der Waals surface area contributed by atoms with Crippen LogP contribution in [-0.4, -0.2) is 20.6 Å². The molecular formula is C14H14N2O2. The largest absolute Gasteiger partial charge is 0.478 e. The first-order valence-electron chi connectivity index (χ1n) is 5.63. The number of carboxylic acid groups (broad SMARTS) is 1.